The first kappa shape index (κ1) is 17.8. The first-order valence-electron chi connectivity index (χ1n) is 8.73. The van der Waals surface area contributed by atoms with Crippen LogP contribution in [0.1, 0.15) is 11.9 Å². The summed E-state index contributed by atoms with van der Waals surface area (Å²) in [5.74, 6) is -0.837. The number of thioether (sulfide) groups is 1. The van der Waals surface area contributed by atoms with Crippen molar-refractivity contribution >= 4 is 51.0 Å². The molecule has 1 N–H and O–H groups in total. The molecule has 1 aromatic heterocycles. The molecule has 0 unspecified atom stereocenters. The number of benzene rings is 2. The molecule has 0 aliphatic carbocycles. The van der Waals surface area contributed by atoms with Crippen LogP contribution in [-0.2, 0) is 11.3 Å². The SMILES string of the molecule is CCN1C(=CC=Cc2sc3ccccc3[n+]2CC(=O)O)Sc2ccccc21. The van der Waals surface area contributed by atoms with Crippen LogP contribution in [0, 0.1) is 0 Å². The van der Waals surface area contributed by atoms with Crippen molar-refractivity contribution in [2.75, 3.05) is 11.4 Å². The van der Waals surface area contributed by atoms with E-state index in [0.29, 0.717) is 0 Å². The van der Waals surface area contributed by atoms with E-state index < -0.39 is 5.97 Å². The van der Waals surface area contributed by atoms with Gasteiger partial charge in [0.15, 0.2) is 0 Å². The fourth-order valence-corrected chi connectivity index (χ4v) is 5.40. The van der Waals surface area contributed by atoms with E-state index >= 15 is 0 Å². The molecule has 0 bridgehead atoms. The Morgan fingerprint density at radius 1 is 1.19 bits per heavy atom. The fraction of sp³-hybridized carbons (Fsp3) is 0.143. The van der Waals surface area contributed by atoms with Crippen molar-refractivity contribution in [2.24, 2.45) is 0 Å². The van der Waals surface area contributed by atoms with Gasteiger partial charge in [-0.2, -0.15) is 4.57 Å². The summed E-state index contributed by atoms with van der Waals surface area (Å²) in [5, 5.41) is 11.4. The van der Waals surface area contributed by atoms with Gasteiger partial charge in [0, 0.05) is 23.6 Å². The predicted molar refractivity (Wildman–Crippen MR) is 112 cm³/mol. The second-order valence-corrected chi connectivity index (χ2v) is 8.19. The molecule has 0 atom stereocenters. The second-order valence-electron chi connectivity index (χ2n) is 6.07. The maximum Gasteiger partial charge on any atom is 0.370 e. The van der Waals surface area contributed by atoms with Crippen LogP contribution < -0.4 is 9.47 Å². The molecule has 2 heterocycles. The molecule has 1 aliphatic rings. The zero-order chi connectivity index (χ0) is 18.8. The van der Waals surface area contributed by atoms with Gasteiger partial charge in [0.05, 0.1) is 10.7 Å². The third-order valence-electron chi connectivity index (χ3n) is 4.36. The minimum Gasteiger partial charge on any atom is -0.477 e. The summed E-state index contributed by atoms with van der Waals surface area (Å²) >= 11 is 3.37. The lowest BCUT2D eigenvalue weighted by atomic mass is 10.3. The van der Waals surface area contributed by atoms with Crippen molar-refractivity contribution in [3.05, 3.63) is 70.7 Å². The third-order valence-corrected chi connectivity index (χ3v) is 6.62. The Hall–Kier alpha value is -2.57. The minimum atomic E-state index is -0.837. The number of aliphatic carboxylic acids is 1. The first-order chi connectivity index (χ1) is 13.2. The molecular formula is C21H19N2O2S2+. The summed E-state index contributed by atoms with van der Waals surface area (Å²) in [7, 11) is 0. The van der Waals surface area contributed by atoms with E-state index in [1.165, 1.54) is 15.6 Å². The summed E-state index contributed by atoms with van der Waals surface area (Å²) in [4.78, 5) is 14.8. The van der Waals surface area contributed by atoms with Gasteiger partial charge in [-0.1, -0.05) is 53.4 Å². The average Bonchev–Trinajstić information content (AvgIpc) is 3.19. The molecule has 0 radical (unpaired) electrons. The zero-order valence-corrected chi connectivity index (χ0v) is 16.5. The highest BCUT2D eigenvalue weighted by atomic mass is 32.2. The molecule has 3 aromatic rings. The van der Waals surface area contributed by atoms with E-state index in [1.807, 2.05) is 41.0 Å². The largest absolute Gasteiger partial charge is 0.477 e. The van der Waals surface area contributed by atoms with Crippen LogP contribution in [0.2, 0.25) is 0 Å². The Labute approximate surface area is 166 Å². The van der Waals surface area contributed by atoms with Gasteiger partial charge in [0.25, 0.3) is 5.01 Å². The van der Waals surface area contributed by atoms with Crippen LogP contribution >= 0.6 is 23.1 Å². The monoisotopic (exact) mass is 395 g/mol. The maximum atomic E-state index is 11.3. The van der Waals surface area contributed by atoms with Gasteiger partial charge < -0.3 is 10.0 Å². The van der Waals surface area contributed by atoms with Gasteiger partial charge in [0.2, 0.25) is 12.1 Å². The smallest absolute Gasteiger partial charge is 0.370 e. The van der Waals surface area contributed by atoms with Crippen molar-refractivity contribution in [1.29, 1.82) is 0 Å². The highest BCUT2D eigenvalue weighted by Crippen LogP contribution is 2.45. The Kier molecular flexibility index (Phi) is 5.01. The molecule has 4 nitrogen and oxygen atoms in total. The Morgan fingerprint density at radius 2 is 1.96 bits per heavy atom. The number of nitrogens with zero attached hydrogens (tertiary/aromatic N) is 2. The highest BCUT2D eigenvalue weighted by molar-refractivity contribution is 8.03. The number of fused-ring (bicyclic) bond motifs is 2. The van der Waals surface area contributed by atoms with E-state index in [-0.39, 0.29) is 6.54 Å². The lowest BCUT2D eigenvalue weighted by Crippen LogP contribution is -2.39. The van der Waals surface area contributed by atoms with Crippen LogP contribution in [0.15, 0.2) is 70.6 Å². The number of hydrogen-bond donors (Lipinski definition) is 1. The summed E-state index contributed by atoms with van der Waals surface area (Å²) < 4.78 is 2.94. The number of rotatable bonds is 5. The lowest BCUT2D eigenvalue weighted by Gasteiger charge is -2.17. The van der Waals surface area contributed by atoms with Crippen LogP contribution in [0.5, 0.6) is 0 Å². The van der Waals surface area contributed by atoms with Gasteiger partial charge in [-0.05, 0) is 31.2 Å². The fourth-order valence-electron chi connectivity index (χ4n) is 3.19. The van der Waals surface area contributed by atoms with Crippen molar-refractivity contribution < 1.29 is 14.5 Å². The van der Waals surface area contributed by atoms with E-state index in [9.17, 15) is 9.90 Å². The van der Waals surface area contributed by atoms with Crippen molar-refractivity contribution in [1.82, 2.24) is 0 Å². The highest BCUT2D eigenvalue weighted by Gasteiger charge is 2.23. The van der Waals surface area contributed by atoms with Crippen LogP contribution in [0.4, 0.5) is 5.69 Å². The summed E-state index contributed by atoms with van der Waals surface area (Å²) in [6, 6.07) is 16.3. The van der Waals surface area contributed by atoms with Crippen LogP contribution in [0.3, 0.4) is 0 Å². The molecule has 2 aromatic carbocycles. The number of carbonyl (C=O) groups is 1. The van der Waals surface area contributed by atoms with Gasteiger partial charge >= 0.3 is 5.97 Å². The topological polar surface area (TPSA) is 44.4 Å². The van der Waals surface area contributed by atoms with E-state index in [1.54, 1.807) is 23.1 Å². The van der Waals surface area contributed by atoms with Gasteiger partial charge in [-0.15, -0.1) is 0 Å². The summed E-state index contributed by atoms with van der Waals surface area (Å²) in [6.45, 7) is 3.01. The molecule has 4 rings (SSSR count). The minimum absolute atomic E-state index is 0.0401. The van der Waals surface area contributed by atoms with E-state index in [4.69, 9.17) is 0 Å². The molecule has 136 valence electrons. The quantitative estimate of drug-likeness (QED) is 0.633. The second kappa shape index (κ2) is 7.58. The Balaban J connectivity index is 1.66. The molecule has 0 amide bonds. The van der Waals surface area contributed by atoms with E-state index in [2.05, 4.69) is 42.2 Å². The number of carboxylic acid groups (broad SMARTS) is 1. The van der Waals surface area contributed by atoms with Crippen molar-refractivity contribution in [3.63, 3.8) is 0 Å². The normalized spacial score (nSPS) is 15.1. The number of para-hydroxylation sites is 2. The van der Waals surface area contributed by atoms with Gasteiger partial charge in [-0.3, -0.25) is 0 Å². The van der Waals surface area contributed by atoms with Gasteiger partial charge in [0.1, 0.15) is 4.70 Å². The van der Waals surface area contributed by atoms with Crippen molar-refractivity contribution in [2.45, 2.75) is 18.4 Å². The predicted octanol–water partition coefficient (Wildman–Crippen LogP) is 4.76. The maximum absolute atomic E-state index is 11.3. The molecule has 0 saturated carbocycles. The van der Waals surface area contributed by atoms with E-state index in [0.717, 1.165) is 21.8 Å². The summed E-state index contributed by atoms with van der Waals surface area (Å²) in [6.07, 6.45) is 6.11. The average molecular weight is 396 g/mol. The first-order valence-corrected chi connectivity index (χ1v) is 10.4. The molecule has 0 fully saturated rings. The molecular weight excluding hydrogens is 376 g/mol. The number of hydrogen-bond acceptors (Lipinski definition) is 4. The molecule has 1 aliphatic heterocycles. The Bertz CT molecular complexity index is 1070. The third kappa shape index (κ3) is 3.50. The number of aromatic nitrogens is 1. The Morgan fingerprint density at radius 3 is 2.78 bits per heavy atom. The number of anilines is 1. The summed E-state index contributed by atoms with van der Waals surface area (Å²) in [5.41, 5.74) is 2.20. The molecule has 27 heavy (non-hydrogen) atoms. The van der Waals surface area contributed by atoms with Crippen molar-refractivity contribution in [3.8, 4) is 0 Å². The standard InChI is InChI=1S/C21H18N2O2S2/c1-2-22-15-8-3-5-10-17(15)26-19(22)12-7-13-20-23(14-21(24)25)16-9-4-6-11-18(16)27-20/h3-13H,2,14H2,1H3/p+1. The van der Waals surface area contributed by atoms with Gasteiger partial charge in [-0.25, -0.2) is 4.79 Å². The number of carboxylic acids is 1. The molecule has 0 saturated heterocycles. The molecule has 0 spiro atoms. The lowest BCUT2D eigenvalue weighted by molar-refractivity contribution is -0.657. The number of thiazole rings is 1. The molecule has 6 heteroatoms. The zero-order valence-electron chi connectivity index (χ0n) is 14.8. The van der Waals surface area contributed by atoms with Crippen LogP contribution in [-0.4, -0.2) is 17.6 Å². The van der Waals surface area contributed by atoms with Crippen LogP contribution in [0.25, 0.3) is 16.3 Å². The number of allylic oxidation sites excluding steroid dienone is 2.